The summed E-state index contributed by atoms with van der Waals surface area (Å²) in [5.74, 6) is 3.46. The zero-order valence-electron chi connectivity index (χ0n) is 23.8. The predicted octanol–water partition coefficient (Wildman–Crippen LogP) is 6.87. The first-order valence-corrected chi connectivity index (χ1v) is 14.4. The van der Waals surface area contributed by atoms with Crippen LogP contribution in [-0.2, 0) is 11.3 Å². The molecule has 1 aliphatic carbocycles. The topological polar surface area (TPSA) is 69.2 Å². The Balaban J connectivity index is 1.24. The minimum Gasteiger partial charge on any atom is -0.499 e. The fraction of sp³-hybridized carbons (Fsp3) is 0.469. The molecule has 0 saturated carbocycles. The van der Waals surface area contributed by atoms with Crippen molar-refractivity contribution in [1.82, 2.24) is 24.8 Å². The smallest absolute Gasteiger partial charge is 0.279 e. The zero-order chi connectivity index (χ0) is 27.4. The molecule has 2 unspecified atom stereocenters. The van der Waals surface area contributed by atoms with E-state index in [1.54, 1.807) is 0 Å². The summed E-state index contributed by atoms with van der Waals surface area (Å²) in [6.07, 6.45) is 10.0. The largest absolute Gasteiger partial charge is 0.499 e. The van der Waals surface area contributed by atoms with Gasteiger partial charge >= 0.3 is 0 Å². The number of likely N-dealkylation sites (tertiary alicyclic amines) is 1. The van der Waals surface area contributed by atoms with Gasteiger partial charge in [0.25, 0.3) is 5.89 Å². The number of aryl methyl sites for hydroxylation is 1. The predicted molar refractivity (Wildman–Crippen MR) is 156 cm³/mol. The summed E-state index contributed by atoms with van der Waals surface area (Å²) >= 11 is 0. The molecule has 39 heavy (non-hydrogen) atoms. The summed E-state index contributed by atoms with van der Waals surface area (Å²) in [5.41, 5.74) is 5.21. The van der Waals surface area contributed by atoms with Gasteiger partial charge in [-0.15, -0.1) is 0 Å². The quantitative estimate of drug-likeness (QED) is 0.268. The number of hydrogen-bond donors (Lipinski definition) is 0. The lowest BCUT2D eigenvalue weighted by atomic mass is 9.79. The van der Waals surface area contributed by atoms with Crippen LogP contribution in [0, 0.1) is 17.8 Å². The number of hydrogen-bond acceptors (Lipinski definition) is 6. The third-order valence-corrected chi connectivity index (χ3v) is 8.23. The molecule has 0 radical (unpaired) electrons. The van der Waals surface area contributed by atoms with Crippen molar-refractivity contribution in [2.45, 2.75) is 53.5 Å². The number of nitrogens with zero attached hydrogens (tertiary/aromatic N) is 5. The second-order valence-electron chi connectivity index (χ2n) is 10.8. The van der Waals surface area contributed by atoms with Crippen molar-refractivity contribution in [1.29, 1.82) is 0 Å². The first kappa shape index (κ1) is 27.1. The number of aromatic nitrogens is 4. The van der Waals surface area contributed by atoms with E-state index in [1.807, 2.05) is 36.0 Å². The lowest BCUT2D eigenvalue weighted by Gasteiger charge is -2.34. The molecule has 206 valence electrons. The van der Waals surface area contributed by atoms with E-state index in [2.05, 4.69) is 61.7 Å². The highest BCUT2D eigenvalue weighted by Gasteiger charge is 2.27. The Labute approximate surface area is 232 Å². The molecule has 2 aromatic heterocycles. The molecule has 5 rings (SSSR count). The van der Waals surface area contributed by atoms with Gasteiger partial charge in [0.2, 0.25) is 5.82 Å². The van der Waals surface area contributed by atoms with Crippen molar-refractivity contribution in [2.75, 3.05) is 26.2 Å². The number of ether oxygens (including phenoxy) is 1. The normalized spacial score (nSPS) is 20.5. The number of benzene rings is 1. The van der Waals surface area contributed by atoms with Gasteiger partial charge in [-0.25, -0.2) is 0 Å². The van der Waals surface area contributed by atoms with Gasteiger partial charge < -0.3 is 14.2 Å². The second kappa shape index (κ2) is 12.2. The minimum atomic E-state index is 0.404. The fourth-order valence-corrected chi connectivity index (χ4v) is 5.95. The molecular formula is C32H41N5O2. The Bertz CT molecular complexity index is 1330. The second-order valence-corrected chi connectivity index (χ2v) is 10.8. The maximum Gasteiger partial charge on any atom is 0.279 e. The van der Waals surface area contributed by atoms with Crippen LogP contribution in [0.25, 0.3) is 28.3 Å². The van der Waals surface area contributed by atoms with Gasteiger partial charge in [0.15, 0.2) is 5.69 Å². The van der Waals surface area contributed by atoms with E-state index < -0.39 is 0 Å². The molecule has 3 heterocycles. The van der Waals surface area contributed by atoms with Crippen molar-refractivity contribution in [3.05, 3.63) is 72.4 Å². The Morgan fingerprint density at radius 2 is 1.92 bits per heavy atom. The molecule has 1 aliphatic heterocycles. The monoisotopic (exact) mass is 527 g/mol. The Morgan fingerprint density at radius 1 is 1.15 bits per heavy atom. The van der Waals surface area contributed by atoms with Crippen molar-refractivity contribution < 1.29 is 9.26 Å². The van der Waals surface area contributed by atoms with Gasteiger partial charge in [-0.2, -0.15) is 10.1 Å². The van der Waals surface area contributed by atoms with Gasteiger partial charge in [0.05, 0.1) is 12.4 Å². The van der Waals surface area contributed by atoms with E-state index in [0.717, 1.165) is 73.6 Å². The number of allylic oxidation sites excluding steroid dienone is 5. The Morgan fingerprint density at radius 3 is 2.62 bits per heavy atom. The number of rotatable bonds is 10. The Kier molecular flexibility index (Phi) is 8.46. The van der Waals surface area contributed by atoms with E-state index >= 15 is 0 Å². The first-order chi connectivity index (χ1) is 19.0. The number of piperidine rings is 1. The summed E-state index contributed by atoms with van der Waals surface area (Å²) < 4.78 is 13.3. The molecule has 0 spiro atoms. The highest BCUT2D eigenvalue weighted by Crippen LogP contribution is 2.36. The SMILES string of the molecule is C=C(OCC)C1CCN(CCC2C(C)=CC(c3noc(-c4nn(CC)cc4-c4ccccc4)n3)=CC2C)CC1. The van der Waals surface area contributed by atoms with Crippen molar-refractivity contribution >= 4 is 5.57 Å². The molecule has 7 nitrogen and oxygen atoms in total. The van der Waals surface area contributed by atoms with Crippen molar-refractivity contribution in [3.63, 3.8) is 0 Å². The van der Waals surface area contributed by atoms with Gasteiger partial charge in [0, 0.05) is 29.8 Å². The lowest BCUT2D eigenvalue weighted by Crippen LogP contribution is -2.36. The minimum absolute atomic E-state index is 0.404. The van der Waals surface area contributed by atoms with Gasteiger partial charge in [-0.3, -0.25) is 4.68 Å². The summed E-state index contributed by atoms with van der Waals surface area (Å²) in [4.78, 5) is 7.39. The highest BCUT2D eigenvalue weighted by molar-refractivity contribution is 5.78. The van der Waals surface area contributed by atoms with Crippen LogP contribution in [0.2, 0.25) is 0 Å². The molecule has 0 bridgehead atoms. The average molecular weight is 528 g/mol. The van der Waals surface area contributed by atoms with Crippen LogP contribution in [0.5, 0.6) is 0 Å². The van der Waals surface area contributed by atoms with Crippen LogP contribution < -0.4 is 0 Å². The Hall–Kier alpha value is -3.45. The zero-order valence-corrected chi connectivity index (χ0v) is 23.8. The van der Waals surface area contributed by atoms with Crippen LogP contribution in [0.4, 0.5) is 0 Å². The van der Waals surface area contributed by atoms with Gasteiger partial charge in [-0.05, 0) is 77.1 Å². The summed E-state index contributed by atoms with van der Waals surface area (Å²) in [7, 11) is 0. The summed E-state index contributed by atoms with van der Waals surface area (Å²) in [6, 6.07) is 10.2. The lowest BCUT2D eigenvalue weighted by molar-refractivity contribution is 0.131. The van der Waals surface area contributed by atoms with Crippen molar-refractivity contribution in [3.8, 4) is 22.7 Å². The highest BCUT2D eigenvalue weighted by atomic mass is 16.5. The molecule has 7 heteroatoms. The maximum atomic E-state index is 5.76. The van der Waals surface area contributed by atoms with E-state index in [0.29, 0.717) is 36.1 Å². The third-order valence-electron chi connectivity index (χ3n) is 8.23. The summed E-state index contributed by atoms with van der Waals surface area (Å²) in [6.45, 7) is 17.6. The van der Waals surface area contributed by atoms with E-state index in [9.17, 15) is 0 Å². The molecular weight excluding hydrogens is 486 g/mol. The molecule has 0 N–H and O–H groups in total. The molecule has 3 aromatic rings. The van der Waals surface area contributed by atoms with Crippen LogP contribution in [0.15, 0.2) is 71.1 Å². The molecule has 1 aromatic carbocycles. The van der Waals surface area contributed by atoms with Crippen molar-refractivity contribution in [2.24, 2.45) is 17.8 Å². The van der Waals surface area contributed by atoms with E-state index in [4.69, 9.17) is 19.3 Å². The van der Waals surface area contributed by atoms with Gasteiger partial charge in [0.1, 0.15) is 0 Å². The molecule has 1 fully saturated rings. The third kappa shape index (κ3) is 6.09. The summed E-state index contributed by atoms with van der Waals surface area (Å²) in [5, 5.41) is 9.10. The van der Waals surface area contributed by atoms with Crippen LogP contribution >= 0.6 is 0 Å². The van der Waals surface area contributed by atoms with Crippen LogP contribution in [0.1, 0.15) is 52.8 Å². The molecule has 0 amide bonds. The molecule has 1 saturated heterocycles. The molecule has 2 aliphatic rings. The average Bonchev–Trinajstić information content (AvgIpc) is 3.61. The molecule has 2 atom stereocenters. The van der Waals surface area contributed by atoms with Gasteiger partial charge in [-0.1, -0.05) is 66.7 Å². The van der Waals surface area contributed by atoms with Crippen LogP contribution in [0.3, 0.4) is 0 Å². The van der Waals surface area contributed by atoms with Crippen LogP contribution in [-0.4, -0.2) is 51.1 Å². The first-order valence-electron chi connectivity index (χ1n) is 14.4. The maximum absolute atomic E-state index is 5.76. The van der Waals surface area contributed by atoms with E-state index in [1.165, 1.54) is 5.57 Å². The standard InChI is InChI=1S/C32H41N5O2/c1-6-37-21-29(26-11-9-8-10-12-26)30(34-37)32-33-31(35-39-32)27-19-22(3)28(23(4)20-27)15-18-36-16-13-25(14-17-36)24(5)38-7-2/h8-12,19-22,25,28H,5-7,13-18H2,1-4H3. The fourth-order valence-electron chi connectivity index (χ4n) is 5.95. The van der Waals surface area contributed by atoms with E-state index in [-0.39, 0.29) is 0 Å².